The number of carbonyl (C=O) groups is 1. The lowest BCUT2D eigenvalue weighted by atomic mass is 10.1. The van der Waals surface area contributed by atoms with Crippen molar-refractivity contribution in [3.8, 4) is 11.5 Å². The van der Waals surface area contributed by atoms with Crippen molar-refractivity contribution in [1.29, 1.82) is 0 Å². The average molecular weight is 388 g/mol. The van der Waals surface area contributed by atoms with E-state index in [0.717, 1.165) is 11.0 Å². The van der Waals surface area contributed by atoms with Crippen LogP contribution in [0.1, 0.15) is 42.9 Å². The van der Waals surface area contributed by atoms with E-state index in [2.05, 4.69) is 5.32 Å². The zero-order chi connectivity index (χ0) is 19.6. The standard InChI is InChI=1S/C21H22ClNO4/c1-12(2)26-20-16(22)9-15(11-19(20)25-4)21(24)23-13(3)18-10-14-7-5-6-8-17(14)27-18/h5-13H,1-4H3,(H,23,24)/t13-/m0/s1. The maximum atomic E-state index is 12.7. The highest BCUT2D eigenvalue weighted by Gasteiger charge is 2.19. The Morgan fingerprint density at radius 2 is 1.89 bits per heavy atom. The molecule has 27 heavy (non-hydrogen) atoms. The molecule has 0 radical (unpaired) electrons. The number of rotatable bonds is 6. The van der Waals surface area contributed by atoms with Crippen molar-refractivity contribution < 1.29 is 18.7 Å². The minimum Gasteiger partial charge on any atom is -0.493 e. The van der Waals surface area contributed by atoms with Crippen LogP contribution in [0.3, 0.4) is 0 Å². The van der Waals surface area contributed by atoms with E-state index in [-0.39, 0.29) is 18.1 Å². The monoisotopic (exact) mass is 387 g/mol. The number of amides is 1. The van der Waals surface area contributed by atoms with Crippen molar-refractivity contribution >= 4 is 28.5 Å². The third-order valence-corrected chi connectivity index (χ3v) is 4.34. The van der Waals surface area contributed by atoms with Gasteiger partial charge in [0.2, 0.25) is 0 Å². The summed E-state index contributed by atoms with van der Waals surface area (Å²) in [5.74, 6) is 1.25. The molecule has 0 spiro atoms. The lowest BCUT2D eigenvalue weighted by Crippen LogP contribution is -2.26. The van der Waals surface area contributed by atoms with E-state index in [4.69, 9.17) is 25.5 Å². The Hall–Kier alpha value is -2.66. The van der Waals surface area contributed by atoms with Gasteiger partial charge in [-0.3, -0.25) is 4.79 Å². The molecule has 0 saturated carbocycles. The molecule has 142 valence electrons. The van der Waals surface area contributed by atoms with Gasteiger partial charge in [0.15, 0.2) is 11.5 Å². The molecular weight excluding hydrogens is 366 g/mol. The zero-order valence-electron chi connectivity index (χ0n) is 15.7. The number of nitrogens with one attached hydrogen (secondary N) is 1. The Kier molecular flexibility index (Phi) is 5.61. The Balaban J connectivity index is 1.81. The zero-order valence-corrected chi connectivity index (χ0v) is 16.5. The second-order valence-corrected chi connectivity index (χ2v) is 6.95. The number of methoxy groups -OCH3 is 1. The van der Waals surface area contributed by atoms with Crippen LogP contribution in [0.15, 0.2) is 46.9 Å². The Labute approximate surface area is 163 Å². The van der Waals surface area contributed by atoms with E-state index in [1.165, 1.54) is 7.11 Å². The van der Waals surface area contributed by atoms with Crippen molar-refractivity contribution in [1.82, 2.24) is 5.32 Å². The van der Waals surface area contributed by atoms with Crippen LogP contribution in [0.25, 0.3) is 11.0 Å². The lowest BCUT2D eigenvalue weighted by Gasteiger charge is -2.17. The predicted octanol–water partition coefficient (Wildman–Crippen LogP) is 5.37. The highest BCUT2D eigenvalue weighted by Crippen LogP contribution is 2.37. The van der Waals surface area contributed by atoms with Gasteiger partial charge in [0.05, 0.1) is 24.3 Å². The molecule has 0 bridgehead atoms. The van der Waals surface area contributed by atoms with E-state index in [1.807, 2.05) is 51.1 Å². The van der Waals surface area contributed by atoms with Gasteiger partial charge in [-0.05, 0) is 45.0 Å². The highest BCUT2D eigenvalue weighted by atomic mass is 35.5. The molecule has 1 atom stereocenters. The van der Waals surface area contributed by atoms with Crippen LogP contribution in [0, 0.1) is 0 Å². The Morgan fingerprint density at radius 3 is 2.56 bits per heavy atom. The van der Waals surface area contributed by atoms with Crippen LogP contribution < -0.4 is 14.8 Å². The first kappa shape index (κ1) is 19.1. The van der Waals surface area contributed by atoms with E-state index in [1.54, 1.807) is 12.1 Å². The molecule has 1 aromatic heterocycles. The van der Waals surface area contributed by atoms with Gasteiger partial charge in [0.25, 0.3) is 5.91 Å². The third-order valence-electron chi connectivity index (χ3n) is 4.06. The van der Waals surface area contributed by atoms with Crippen LogP contribution in [-0.2, 0) is 0 Å². The van der Waals surface area contributed by atoms with Crippen molar-refractivity contribution in [2.24, 2.45) is 0 Å². The smallest absolute Gasteiger partial charge is 0.252 e. The van der Waals surface area contributed by atoms with Gasteiger partial charge >= 0.3 is 0 Å². The fraction of sp³-hybridized carbons (Fsp3) is 0.286. The number of hydrogen-bond acceptors (Lipinski definition) is 4. The molecule has 3 aromatic rings. The molecule has 3 rings (SSSR count). The molecule has 0 fully saturated rings. The van der Waals surface area contributed by atoms with Gasteiger partial charge < -0.3 is 19.2 Å². The van der Waals surface area contributed by atoms with E-state index in [9.17, 15) is 4.79 Å². The number of halogens is 1. The van der Waals surface area contributed by atoms with Crippen molar-refractivity contribution in [3.63, 3.8) is 0 Å². The lowest BCUT2D eigenvalue weighted by molar-refractivity contribution is 0.0935. The summed E-state index contributed by atoms with van der Waals surface area (Å²) in [6.07, 6.45) is -0.0656. The molecule has 0 unspecified atom stereocenters. The van der Waals surface area contributed by atoms with Gasteiger partial charge in [0, 0.05) is 10.9 Å². The quantitative estimate of drug-likeness (QED) is 0.617. The summed E-state index contributed by atoms with van der Waals surface area (Å²) < 4.78 is 16.8. The number of furan rings is 1. The molecule has 6 heteroatoms. The van der Waals surface area contributed by atoms with Gasteiger partial charge in [0.1, 0.15) is 11.3 Å². The van der Waals surface area contributed by atoms with Crippen molar-refractivity contribution in [2.75, 3.05) is 7.11 Å². The predicted molar refractivity (Wildman–Crippen MR) is 106 cm³/mol. The topological polar surface area (TPSA) is 60.7 Å². The average Bonchev–Trinajstić information content (AvgIpc) is 3.07. The molecule has 0 aliphatic carbocycles. The fourth-order valence-electron chi connectivity index (χ4n) is 2.77. The summed E-state index contributed by atoms with van der Waals surface area (Å²) in [6, 6.07) is 12.5. The molecule has 2 aromatic carbocycles. The summed E-state index contributed by atoms with van der Waals surface area (Å²) in [6.45, 7) is 5.65. The number of para-hydroxylation sites is 1. The van der Waals surface area contributed by atoms with Gasteiger partial charge in [-0.1, -0.05) is 29.8 Å². The largest absolute Gasteiger partial charge is 0.493 e. The van der Waals surface area contributed by atoms with Crippen LogP contribution in [0.2, 0.25) is 5.02 Å². The van der Waals surface area contributed by atoms with Crippen LogP contribution in [0.5, 0.6) is 11.5 Å². The molecule has 1 heterocycles. The molecule has 0 aliphatic rings. The van der Waals surface area contributed by atoms with E-state index < -0.39 is 0 Å². The first-order valence-electron chi connectivity index (χ1n) is 8.72. The summed E-state index contributed by atoms with van der Waals surface area (Å²) >= 11 is 6.30. The molecule has 0 aliphatic heterocycles. The van der Waals surface area contributed by atoms with Gasteiger partial charge in [-0.25, -0.2) is 0 Å². The molecule has 1 amide bonds. The SMILES string of the molecule is COc1cc(C(=O)N[C@@H](C)c2cc3ccccc3o2)cc(Cl)c1OC(C)C. The Bertz CT molecular complexity index is 931. The van der Waals surface area contributed by atoms with Crippen molar-refractivity contribution in [2.45, 2.75) is 32.9 Å². The van der Waals surface area contributed by atoms with Gasteiger partial charge in [-0.15, -0.1) is 0 Å². The minimum absolute atomic E-state index is 0.0656. The number of fused-ring (bicyclic) bond motifs is 1. The summed E-state index contributed by atoms with van der Waals surface area (Å²) in [5, 5.41) is 4.24. The van der Waals surface area contributed by atoms with E-state index in [0.29, 0.717) is 27.8 Å². The summed E-state index contributed by atoms with van der Waals surface area (Å²) in [4.78, 5) is 12.7. The molecule has 5 nitrogen and oxygen atoms in total. The molecular formula is C21H22ClNO4. The number of ether oxygens (including phenoxy) is 2. The molecule has 0 saturated heterocycles. The number of carbonyl (C=O) groups excluding carboxylic acids is 1. The van der Waals surface area contributed by atoms with Gasteiger partial charge in [-0.2, -0.15) is 0 Å². The minimum atomic E-state index is -0.304. The first-order valence-corrected chi connectivity index (χ1v) is 9.10. The first-order chi connectivity index (χ1) is 12.9. The van der Waals surface area contributed by atoms with Crippen LogP contribution >= 0.6 is 11.6 Å². The summed E-state index contributed by atoms with van der Waals surface area (Å²) in [5.41, 5.74) is 1.17. The second kappa shape index (κ2) is 7.92. The van der Waals surface area contributed by atoms with E-state index >= 15 is 0 Å². The summed E-state index contributed by atoms with van der Waals surface area (Å²) in [7, 11) is 1.51. The maximum absolute atomic E-state index is 12.7. The normalized spacial score (nSPS) is 12.2. The van der Waals surface area contributed by atoms with Crippen LogP contribution in [0.4, 0.5) is 0 Å². The maximum Gasteiger partial charge on any atom is 0.252 e. The third kappa shape index (κ3) is 4.19. The van der Waals surface area contributed by atoms with Crippen molar-refractivity contribution in [3.05, 3.63) is 58.8 Å². The fourth-order valence-corrected chi connectivity index (χ4v) is 3.02. The highest BCUT2D eigenvalue weighted by molar-refractivity contribution is 6.32. The van der Waals surface area contributed by atoms with Crippen LogP contribution in [-0.4, -0.2) is 19.1 Å². The number of hydrogen-bond donors (Lipinski definition) is 1. The molecule has 1 N–H and O–H groups in total. The number of benzene rings is 2. The Morgan fingerprint density at radius 1 is 1.15 bits per heavy atom. The second-order valence-electron chi connectivity index (χ2n) is 6.54.